The van der Waals surface area contributed by atoms with Gasteiger partial charge in [-0.3, -0.25) is 9.59 Å². The van der Waals surface area contributed by atoms with Crippen molar-refractivity contribution in [2.45, 2.75) is 12.8 Å². The van der Waals surface area contributed by atoms with E-state index in [9.17, 15) is 9.59 Å². The Morgan fingerprint density at radius 3 is 2.32 bits per heavy atom. The second-order valence-corrected chi connectivity index (χ2v) is 4.77. The van der Waals surface area contributed by atoms with Gasteiger partial charge in [-0.15, -0.1) is 0 Å². The number of benzene rings is 2. The van der Waals surface area contributed by atoms with Crippen molar-refractivity contribution in [3.8, 4) is 0 Å². The first-order valence-electron chi connectivity index (χ1n) is 6.30. The fourth-order valence-corrected chi connectivity index (χ4v) is 1.95. The number of fused-ring (bicyclic) bond motifs is 1. The van der Waals surface area contributed by atoms with Crippen LogP contribution in [0, 0.1) is 0 Å². The highest BCUT2D eigenvalue weighted by Gasteiger charge is 2.10. The summed E-state index contributed by atoms with van der Waals surface area (Å²) in [6.07, 6.45) is 0.522. The second-order valence-electron chi connectivity index (χ2n) is 4.77. The van der Waals surface area contributed by atoms with Gasteiger partial charge in [0.25, 0.3) is 0 Å². The fourth-order valence-electron chi connectivity index (χ4n) is 1.95. The molecule has 0 aromatic heterocycles. The molecule has 0 fully saturated rings. The van der Waals surface area contributed by atoms with E-state index in [1.807, 2.05) is 42.5 Å². The SMILES string of the molecule is CN(C)C(=O)CCC(=O)c1ccc2ccccc2c1. The van der Waals surface area contributed by atoms with E-state index in [0.29, 0.717) is 5.56 Å². The molecular formula is C16H17NO2. The summed E-state index contributed by atoms with van der Waals surface area (Å²) < 4.78 is 0. The monoisotopic (exact) mass is 255 g/mol. The van der Waals surface area contributed by atoms with Crippen LogP contribution in [0.15, 0.2) is 42.5 Å². The van der Waals surface area contributed by atoms with E-state index in [4.69, 9.17) is 0 Å². The van der Waals surface area contributed by atoms with Crippen molar-refractivity contribution in [1.82, 2.24) is 4.90 Å². The van der Waals surface area contributed by atoms with Gasteiger partial charge < -0.3 is 4.90 Å². The van der Waals surface area contributed by atoms with Gasteiger partial charge in [0.2, 0.25) is 5.91 Å². The zero-order valence-electron chi connectivity index (χ0n) is 11.2. The van der Waals surface area contributed by atoms with Crippen molar-refractivity contribution in [2.24, 2.45) is 0 Å². The summed E-state index contributed by atoms with van der Waals surface area (Å²) in [5, 5.41) is 2.16. The first-order chi connectivity index (χ1) is 9.08. The van der Waals surface area contributed by atoms with E-state index >= 15 is 0 Å². The molecule has 19 heavy (non-hydrogen) atoms. The van der Waals surface area contributed by atoms with Gasteiger partial charge in [-0.1, -0.05) is 36.4 Å². The molecule has 2 aromatic carbocycles. The number of hydrogen-bond donors (Lipinski definition) is 0. The molecule has 0 aliphatic heterocycles. The lowest BCUT2D eigenvalue weighted by atomic mass is 10.0. The first-order valence-corrected chi connectivity index (χ1v) is 6.30. The normalized spacial score (nSPS) is 10.4. The van der Waals surface area contributed by atoms with Crippen LogP contribution in [0.3, 0.4) is 0 Å². The van der Waals surface area contributed by atoms with Crippen LogP contribution < -0.4 is 0 Å². The van der Waals surface area contributed by atoms with E-state index in [2.05, 4.69) is 0 Å². The summed E-state index contributed by atoms with van der Waals surface area (Å²) in [5.41, 5.74) is 0.672. The Morgan fingerprint density at radius 1 is 0.947 bits per heavy atom. The lowest BCUT2D eigenvalue weighted by molar-refractivity contribution is -0.128. The van der Waals surface area contributed by atoms with Crippen molar-refractivity contribution in [3.05, 3.63) is 48.0 Å². The molecule has 2 aromatic rings. The summed E-state index contributed by atoms with van der Waals surface area (Å²) in [4.78, 5) is 25.0. The average Bonchev–Trinajstić information content (AvgIpc) is 2.43. The summed E-state index contributed by atoms with van der Waals surface area (Å²) >= 11 is 0. The molecule has 0 aliphatic carbocycles. The zero-order valence-corrected chi connectivity index (χ0v) is 11.2. The van der Waals surface area contributed by atoms with Crippen molar-refractivity contribution >= 4 is 22.5 Å². The van der Waals surface area contributed by atoms with Gasteiger partial charge in [-0.05, 0) is 16.8 Å². The molecule has 3 heteroatoms. The highest BCUT2D eigenvalue weighted by atomic mass is 16.2. The van der Waals surface area contributed by atoms with Crippen LogP contribution in [0.2, 0.25) is 0 Å². The number of carbonyl (C=O) groups is 2. The lowest BCUT2D eigenvalue weighted by Crippen LogP contribution is -2.22. The van der Waals surface area contributed by atoms with E-state index in [1.54, 1.807) is 14.1 Å². The van der Waals surface area contributed by atoms with Gasteiger partial charge >= 0.3 is 0 Å². The van der Waals surface area contributed by atoms with Crippen LogP contribution in [-0.2, 0) is 4.79 Å². The maximum absolute atomic E-state index is 12.0. The van der Waals surface area contributed by atoms with Crippen molar-refractivity contribution in [1.29, 1.82) is 0 Å². The number of Topliss-reactive ketones (excluding diaryl/α,β-unsaturated/α-hetero) is 1. The van der Waals surface area contributed by atoms with Crippen LogP contribution in [0.4, 0.5) is 0 Å². The highest BCUT2D eigenvalue weighted by molar-refractivity contribution is 6.01. The molecule has 0 heterocycles. The first kappa shape index (κ1) is 13.3. The Hall–Kier alpha value is -2.16. The molecule has 0 atom stereocenters. The molecule has 0 aliphatic rings. The topological polar surface area (TPSA) is 37.4 Å². The molecule has 0 N–H and O–H groups in total. The smallest absolute Gasteiger partial charge is 0.222 e. The molecule has 0 radical (unpaired) electrons. The molecular weight excluding hydrogens is 238 g/mol. The largest absolute Gasteiger partial charge is 0.349 e. The van der Waals surface area contributed by atoms with Crippen molar-refractivity contribution in [2.75, 3.05) is 14.1 Å². The summed E-state index contributed by atoms with van der Waals surface area (Å²) in [6, 6.07) is 13.6. The third kappa shape index (κ3) is 3.19. The Kier molecular flexibility index (Phi) is 3.95. The van der Waals surface area contributed by atoms with Gasteiger partial charge in [-0.25, -0.2) is 0 Å². The number of ketones is 1. The number of carbonyl (C=O) groups excluding carboxylic acids is 2. The van der Waals surface area contributed by atoms with Crippen LogP contribution >= 0.6 is 0 Å². The molecule has 0 spiro atoms. The average molecular weight is 255 g/mol. The van der Waals surface area contributed by atoms with Crippen LogP contribution in [0.1, 0.15) is 23.2 Å². The maximum atomic E-state index is 12.0. The Labute approximate surface area is 112 Å². The number of hydrogen-bond acceptors (Lipinski definition) is 2. The van der Waals surface area contributed by atoms with Crippen LogP contribution in [-0.4, -0.2) is 30.7 Å². The maximum Gasteiger partial charge on any atom is 0.222 e. The van der Waals surface area contributed by atoms with Crippen molar-refractivity contribution in [3.63, 3.8) is 0 Å². The van der Waals surface area contributed by atoms with Gasteiger partial charge in [0.15, 0.2) is 5.78 Å². The molecule has 0 unspecified atom stereocenters. The molecule has 2 rings (SSSR count). The molecule has 3 nitrogen and oxygen atoms in total. The minimum absolute atomic E-state index is 0.0148. The van der Waals surface area contributed by atoms with Gasteiger partial charge in [-0.2, -0.15) is 0 Å². The highest BCUT2D eigenvalue weighted by Crippen LogP contribution is 2.17. The number of amides is 1. The Balaban J connectivity index is 2.11. The van der Waals surface area contributed by atoms with E-state index in [0.717, 1.165) is 10.8 Å². The van der Waals surface area contributed by atoms with Gasteiger partial charge in [0.1, 0.15) is 0 Å². The van der Waals surface area contributed by atoms with Crippen LogP contribution in [0.5, 0.6) is 0 Å². The number of nitrogens with zero attached hydrogens (tertiary/aromatic N) is 1. The molecule has 0 bridgehead atoms. The molecule has 98 valence electrons. The third-order valence-corrected chi connectivity index (χ3v) is 3.14. The van der Waals surface area contributed by atoms with Gasteiger partial charge in [0.05, 0.1) is 0 Å². The van der Waals surface area contributed by atoms with E-state index in [-0.39, 0.29) is 24.5 Å². The van der Waals surface area contributed by atoms with E-state index < -0.39 is 0 Å². The Morgan fingerprint density at radius 2 is 1.63 bits per heavy atom. The summed E-state index contributed by atoms with van der Waals surface area (Å²) in [7, 11) is 3.39. The van der Waals surface area contributed by atoms with Crippen LogP contribution in [0.25, 0.3) is 10.8 Å². The fraction of sp³-hybridized carbons (Fsp3) is 0.250. The summed E-state index contributed by atoms with van der Waals surface area (Å²) in [5.74, 6) is -0.00454. The van der Waals surface area contributed by atoms with Crippen molar-refractivity contribution < 1.29 is 9.59 Å². The molecule has 0 saturated carbocycles. The van der Waals surface area contributed by atoms with Gasteiger partial charge in [0, 0.05) is 32.5 Å². The quantitative estimate of drug-likeness (QED) is 0.788. The minimum atomic E-state index is -0.0193. The molecule has 0 saturated heterocycles. The molecule has 1 amide bonds. The second kappa shape index (κ2) is 5.65. The predicted octanol–water partition coefficient (Wildman–Crippen LogP) is 2.89. The summed E-state index contributed by atoms with van der Waals surface area (Å²) in [6.45, 7) is 0. The number of rotatable bonds is 4. The van der Waals surface area contributed by atoms with E-state index in [1.165, 1.54) is 4.90 Å². The lowest BCUT2D eigenvalue weighted by Gasteiger charge is -2.09. The Bertz CT molecular complexity index is 617. The third-order valence-electron chi connectivity index (χ3n) is 3.14. The minimum Gasteiger partial charge on any atom is -0.349 e. The standard InChI is InChI=1S/C16H17NO2/c1-17(2)16(19)10-9-15(18)14-8-7-12-5-3-4-6-13(12)11-14/h3-8,11H,9-10H2,1-2H3. The predicted molar refractivity (Wildman–Crippen MR) is 76.2 cm³/mol. The zero-order chi connectivity index (χ0) is 13.8.